The minimum absolute atomic E-state index is 0. The molecule has 0 saturated carbocycles. The van der Waals surface area contributed by atoms with Crippen LogP contribution in [-0.2, 0) is 0 Å². The van der Waals surface area contributed by atoms with E-state index in [0.717, 1.165) is 10.8 Å². The molecule has 0 aromatic heterocycles. The maximum absolute atomic E-state index is 12.2. The molecule has 0 spiro atoms. The van der Waals surface area contributed by atoms with Gasteiger partial charge in [0.15, 0.2) is 0 Å². The Labute approximate surface area is 132 Å². The molecule has 6 heteroatoms. The van der Waals surface area contributed by atoms with Gasteiger partial charge in [0.05, 0.1) is 5.69 Å². The molecule has 104 valence electrons. The number of allylic oxidation sites excluding steroid dienone is 2. The van der Waals surface area contributed by atoms with Crippen molar-refractivity contribution in [3.8, 4) is 0 Å². The quantitative estimate of drug-likeness (QED) is 0.455. The van der Waals surface area contributed by atoms with Crippen molar-refractivity contribution in [3.63, 3.8) is 0 Å². The summed E-state index contributed by atoms with van der Waals surface area (Å²) in [6.07, 6.45) is -4.36. The van der Waals surface area contributed by atoms with Crippen LogP contribution in [0.4, 0.5) is 18.9 Å². The number of benzene rings is 2. The molecule has 0 aliphatic heterocycles. The molecule has 0 aliphatic rings. The molecule has 0 fully saturated rings. The third kappa shape index (κ3) is 4.38. The van der Waals surface area contributed by atoms with Crippen LogP contribution in [0.1, 0.15) is 6.92 Å². The van der Waals surface area contributed by atoms with E-state index < -0.39 is 11.9 Å². The zero-order valence-electron chi connectivity index (χ0n) is 11.6. The van der Waals surface area contributed by atoms with E-state index in [1.54, 1.807) is 12.1 Å². The number of halogens is 3. The molecule has 2 aromatic rings. The summed E-state index contributed by atoms with van der Waals surface area (Å²) in [5, 5.41) is 12.6. The first-order valence-corrected chi connectivity index (χ1v) is 5.87. The Morgan fingerprint density at radius 3 is 2.38 bits per heavy atom. The monoisotopic (exact) mass is 285 g/mol. The number of nitrogens with zero attached hydrogens (tertiary/aromatic N) is 1. The van der Waals surface area contributed by atoms with Crippen LogP contribution in [0.25, 0.3) is 10.8 Å². The summed E-state index contributed by atoms with van der Waals surface area (Å²) in [6.45, 7) is 1.37. The van der Waals surface area contributed by atoms with Crippen LogP contribution < -0.4 is 24.0 Å². The molecule has 0 saturated heterocycles. The van der Waals surface area contributed by atoms with Gasteiger partial charge in [-0.15, -0.1) is 0 Å². The molecule has 2 aromatic carbocycles. The minimum atomic E-state index is -4.87. The fourth-order valence-corrected chi connectivity index (χ4v) is 1.80. The van der Waals surface area contributed by atoms with Crippen molar-refractivity contribution in [1.29, 1.82) is 0 Å². The molecular weight excluding hydrogens is 274 g/mol. The van der Waals surface area contributed by atoms with E-state index >= 15 is 0 Å². The fourth-order valence-electron chi connectivity index (χ4n) is 1.80. The Morgan fingerprint density at radius 2 is 1.71 bits per heavy atom. The Kier molecular flexibility index (Phi) is 5.65. The topological polar surface area (TPSA) is 35.4 Å². The summed E-state index contributed by atoms with van der Waals surface area (Å²) in [7, 11) is 0. The van der Waals surface area contributed by atoms with E-state index in [-0.39, 0.29) is 24.6 Å². The molecule has 0 unspecified atom stereocenters. The van der Waals surface area contributed by atoms with E-state index in [4.69, 9.17) is 0 Å². The zero-order valence-corrected chi connectivity index (χ0v) is 11.6. The van der Waals surface area contributed by atoms with E-state index in [1.807, 2.05) is 30.3 Å². The summed E-state index contributed by atoms with van der Waals surface area (Å²) >= 11 is 0. The summed E-state index contributed by atoms with van der Waals surface area (Å²) < 4.78 is 36.5. The second-order valence-corrected chi connectivity index (χ2v) is 4.26. The first-order valence-electron chi connectivity index (χ1n) is 5.87. The smallest absolute Gasteiger partial charge is 0.869 e. The molecule has 0 bridgehead atoms. The Bertz CT molecular complexity index is 687. The van der Waals surface area contributed by atoms with Gasteiger partial charge in [0, 0.05) is 11.1 Å². The number of fused-ring (bicyclic) bond motifs is 1. The van der Waals surface area contributed by atoms with Crippen molar-refractivity contribution in [2.75, 3.05) is 0 Å². The van der Waals surface area contributed by atoms with Gasteiger partial charge in [-0.25, -0.2) is 0 Å². The molecule has 21 heavy (non-hydrogen) atoms. The van der Waals surface area contributed by atoms with Gasteiger partial charge in [-0.1, -0.05) is 36.4 Å². The van der Waals surface area contributed by atoms with Gasteiger partial charge in [-0.05, 0) is 30.2 Å². The summed E-state index contributed by atoms with van der Waals surface area (Å²) in [5.74, 6) is -1.90. The standard InChI is InChI=1S/C15H12F3NO.Li/c1-10(9-14(20)15(16,17)18)19-13-8-4-6-11-5-2-3-7-12(11)13;/h2-9,20H,1H3;/q;+1/p-1/b14-9-,19-10?;. The maximum atomic E-state index is 12.2. The average Bonchev–Trinajstić information content (AvgIpc) is 2.38. The number of hydrogen-bond donors (Lipinski definition) is 0. The second-order valence-electron chi connectivity index (χ2n) is 4.26. The fraction of sp³-hybridized carbons (Fsp3) is 0.133. The second kappa shape index (κ2) is 6.84. The van der Waals surface area contributed by atoms with Crippen LogP contribution in [0.3, 0.4) is 0 Å². The van der Waals surface area contributed by atoms with Gasteiger partial charge in [0.1, 0.15) is 0 Å². The average molecular weight is 285 g/mol. The van der Waals surface area contributed by atoms with Gasteiger partial charge in [-0.2, -0.15) is 13.2 Å². The molecule has 0 N–H and O–H groups in total. The number of rotatable bonds is 2. The molecule has 2 rings (SSSR count). The van der Waals surface area contributed by atoms with Crippen LogP contribution >= 0.6 is 0 Å². The number of alkyl halides is 3. The number of aliphatic imine (C=N–C) groups is 1. The predicted molar refractivity (Wildman–Crippen MR) is 70.9 cm³/mol. The Hall–Kier alpha value is -1.70. The van der Waals surface area contributed by atoms with Crippen LogP contribution in [0, 0.1) is 0 Å². The Balaban J connectivity index is 0.00000220. The van der Waals surface area contributed by atoms with Gasteiger partial charge in [-0.3, -0.25) is 4.99 Å². The zero-order chi connectivity index (χ0) is 14.8. The molecule has 0 amide bonds. The van der Waals surface area contributed by atoms with Crippen LogP contribution in [0.15, 0.2) is 59.3 Å². The van der Waals surface area contributed by atoms with Gasteiger partial charge in [0.2, 0.25) is 0 Å². The van der Waals surface area contributed by atoms with Crippen LogP contribution in [-0.4, -0.2) is 11.9 Å². The summed E-state index contributed by atoms with van der Waals surface area (Å²) in [5.41, 5.74) is 0.551. The predicted octanol–water partition coefficient (Wildman–Crippen LogP) is 0.743. The molecule has 0 atom stereocenters. The Morgan fingerprint density at radius 1 is 1.10 bits per heavy atom. The van der Waals surface area contributed by atoms with E-state index in [1.165, 1.54) is 6.92 Å². The maximum Gasteiger partial charge on any atom is 1.00 e. The van der Waals surface area contributed by atoms with Gasteiger partial charge < -0.3 is 5.11 Å². The molecule has 0 heterocycles. The first-order chi connectivity index (χ1) is 9.38. The van der Waals surface area contributed by atoms with Crippen LogP contribution in [0.2, 0.25) is 0 Å². The normalized spacial score (nSPS) is 13.1. The van der Waals surface area contributed by atoms with E-state index in [2.05, 4.69) is 4.99 Å². The molecule has 2 nitrogen and oxygen atoms in total. The molecular formula is C15H11F3LiNO. The first kappa shape index (κ1) is 17.3. The van der Waals surface area contributed by atoms with E-state index in [0.29, 0.717) is 11.8 Å². The van der Waals surface area contributed by atoms with Crippen molar-refractivity contribution in [3.05, 3.63) is 54.3 Å². The van der Waals surface area contributed by atoms with Gasteiger partial charge in [0.25, 0.3) is 0 Å². The van der Waals surface area contributed by atoms with Crippen LogP contribution in [0.5, 0.6) is 0 Å². The minimum Gasteiger partial charge on any atom is -0.869 e. The summed E-state index contributed by atoms with van der Waals surface area (Å²) in [4.78, 5) is 4.08. The van der Waals surface area contributed by atoms with E-state index in [9.17, 15) is 18.3 Å². The third-order valence-corrected chi connectivity index (χ3v) is 2.68. The van der Waals surface area contributed by atoms with Gasteiger partial charge >= 0.3 is 25.0 Å². The van der Waals surface area contributed by atoms with Crippen molar-refractivity contribution >= 4 is 22.2 Å². The SMILES string of the molecule is CC(/C=C(\[O-])C(F)(F)F)=Nc1cccc2ccccc12.[Li+]. The molecule has 0 radical (unpaired) electrons. The molecule has 0 aliphatic carbocycles. The third-order valence-electron chi connectivity index (χ3n) is 2.68. The van der Waals surface area contributed by atoms with Crippen molar-refractivity contribution in [2.45, 2.75) is 13.1 Å². The van der Waals surface area contributed by atoms with Crippen molar-refractivity contribution in [2.24, 2.45) is 4.99 Å². The number of hydrogen-bond acceptors (Lipinski definition) is 2. The summed E-state index contributed by atoms with van der Waals surface area (Å²) in [6, 6.07) is 12.7. The van der Waals surface area contributed by atoms with Crippen molar-refractivity contribution in [1.82, 2.24) is 0 Å². The van der Waals surface area contributed by atoms with Crippen molar-refractivity contribution < 1.29 is 37.1 Å². The largest absolute Gasteiger partial charge is 1.00 e.